The van der Waals surface area contributed by atoms with Crippen molar-refractivity contribution in [1.82, 2.24) is 4.98 Å². The van der Waals surface area contributed by atoms with Crippen LogP contribution >= 0.6 is 0 Å². The number of aromatic nitrogens is 1. The summed E-state index contributed by atoms with van der Waals surface area (Å²) in [4.78, 5) is 4.43. The molecule has 0 aliphatic heterocycles. The van der Waals surface area contributed by atoms with Crippen LogP contribution in [0.15, 0.2) is 12.1 Å². The molecule has 0 radical (unpaired) electrons. The van der Waals surface area contributed by atoms with E-state index in [4.69, 9.17) is 15.2 Å². The van der Waals surface area contributed by atoms with Crippen LogP contribution in [-0.2, 0) is 4.74 Å². The van der Waals surface area contributed by atoms with Gasteiger partial charge in [0, 0.05) is 13.2 Å². The lowest BCUT2D eigenvalue weighted by molar-refractivity contribution is 0.0765. The van der Waals surface area contributed by atoms with Gasteiger partial charge in [0.2, 0.25) is 5.88 Å². The van der Waals surface area contributed by atoms with E-state index in [9.17, 15) is 0 Å². The molecular formula is C16H27N3O2. The fourth-order valence-electron chi connectivity index (χ4n) is 1.91. The van der Waals surface area contributed by atoms with Crippen molar-refractivity contribution in [1.29, 1.82) is 0 Å². The van der Waals surface area contributed by atoms with Crippen LogP contribution in [0.4, 0.5) is 11.5 Å². The fourth-order valence-corrected chi connectivity index (χ4v) is 1.91. The van der Waals surface area contributed by atoms with Crippen molar-refractivity contribution < 1.29 is 9.47 Å². The Balaban J connectivity index is 1.68. The zero-order valence-corrected chi connectivity index (χ0v) is 13.1. The largest absolute Gasteiger partial charge is 0.476 e. The summed E-state index contributed by atoms with van der Waals surface area (Å²) in [7, 11) is 0. The van der Waals surface area contributed by atoms with E-state index >= 15 is 0 Å². The molecule has 0 amide bonds. The molecule has 1 aliphatic rings. The smallest absolute Gasteiger partial charge is 0.239 e. The van der Waals surface area contributed by atoms with Crippen molar-refractivity contribution in [3.8, 4) is 5.88 Å². The normalized spacial score (nSPS) is 14.4. The number of unbranched alkanes of at least 4 members (excludes halogenated alkanes) is 1. The molecule has 5 heteroatoms. The van der Waals surface area contributed by atoms with Crippen LogP contribution in [0.5, 0.6) is 5.88 Å². The average molecular weight is 293 g/mol. The second-order valence-electron chi connectivity index (χ2n) is 5.90. The first kappa shape index (κ1) is 15.9. The first-order valence-corrected chi connectivity index (χ1v) is 7.90. The SMILES string of the molecule is CC(C)OCCCCNc1ccc(N)c(OCC2CC2)n1. The molecule has 0 atom stereocenters. The predicted octanol–water partition coefficient (Wildman–Crippen LogP) is 3.07. The van der Waals surface area contributed by atoms with E-state index in [2.05, 4.69) is 24.1 Å². The van der Waals surface area contributed by atoms with Gasteiger partial charge in [-0.25, -0.2) is 0 Å². The second-order valence-corrected chi connectivity index (χ2v) is 5.90. The third-order valence-corrected chi connectivity index (χ3v) is 3.37. The topological polar surface area (TPSA) is 69.4 Å². The number of hydrogen-bond donors (Lipinski definition) is 2. The number of pyridine rings is 1. The highest BCUT2D eigenvalue weighted by atomic mass is 16.5. The summed E-state index contributed by atoms with van der Waals surface area (Å²) >= 11 is 0. The summed E-state index contributed by atoms with van der Waals surface area (Å²) in [5, 5.41) is 3.30. The van der Waals surface area contributed by atoms with Crippen molar-refractivity contribution in [3.05, 3.63) is 12.1 Å². The molecule has 21 heavy (non-hydrogen) atoms. The van der Waals surface area contributed by atoms with Gasteiger partial charge in [-0.05, 0) is 57.6 Å². The van der Waals surface area contributed by atoms with E-state index < -0.39 is 0 Å². The predicted molar refractivity (Wildman–Crippen MR) is 85.7 cm³/mol. The van der Waals surface area contributed by atoms with Gasteiger partial charge in [0.25, 0.3) is 0 Å². The Labute approximate surface area is 127 Å². The Morgan fingerprint density at radius 3 is 2.86 bits per heavy atom. The molecule has 1 saturated carbocycles. The van der Waals surface area contributed by atoms with Gasteiger partial charge in [0.1, 0.15) is 5.82 Å². The van der Waals surface area contributed by atoms with Crippen molar-refractivity contribution in [2.75, 3.05) is 30.8 Å². The molecule has 1 aliphatic carbocycles. The Hall–Kier alpha value is -1.49. The molecule has 0 saturated heterocycles. The van der Waals surface area contributed by atoms with Crippen molar-refractivity contribution >= 4 is 11.5 Å². The molecule has 2 rings (SSSR count). The first-order valence-electron chi connectivity index (χ1n) is 7.90. The van der Waals surface area contributed by atoms with Crippen molar-refractivity contribution in [3.63, 3.8) is 0 Å². The Morgan fingerprint density at radius 2 is 2.14 bits per heavy atom. The maximum atomic E-state index is 5.89. The maximum absolute atomic E-state index is 5.89. The van der Waals surface area contributed by atoms with E-state index in [-0.39, 0.29) is 0 Å². The molecule has 1 heterocycles. The number of rotatable bonds is 10. The van der Waals surface area contributed by atoms with Gasteiger partial charge in [-0.2, -0.15) is 4.98 Å². The van der Waals surface area contributed by atoms with Crippen molar-refractivity contribution in [2.45, 2.75) is 45.6 Å². The van der Waals surface area contributed by atoms with E-state index in [0.717, 1.165) is 38.4 Å². The molecule has 1 aromatic rings. The number of nitrogens with one attached hydrogen (secondary N) is 1. The van der Waals surface area contributed by atoms with Crippen LogP contribution in [0, 0.1) is 5.92 Å². The zero-order chi connectivity index (χ0) is 15.1. The number of hydrogen-bond acceptors (Lipinski definition) is 5. The molecule has 0 bridgehead atoms. The van der Waals surface area contributed by atoms with Crippen LogP contribution in [0.3, 0.4) is 0 Å². The first-order chi connectivity index (χ1) is 10.1. The van der Waals surface area contributed by atoms with Gasteiger partial charge in [0.15, 0.2) is 0 Å². The average Bonchev–Trinajstić information content (AvgIpc) is 3.26. The lowest BCUT2D eigenvalue weighted by atomic mass is 10.3. The van der Waals surface area contributed by atoms with Gasteiger partial charge in [0.05, 0.1) is 18.4 Å². The van der Waals surface area contributed by atoms with E-state index in [0.29, 0.717) is 23.6 Å². The highest BCUT2D eigenvalue weighted by Gasteiger charge is 2.22. The minimum atomic E-state index is 0.308. The van der Waals surface area contributed by atoms with Gasteiger partial charge in [-0.3, -0.25) is 0 Å². The second kappa shape index (κ2) is 8.08. The third-order valence-electron chi connectivity index (χ3n) is 3.37. The van der Waals surface area contributed by atoms with Crippen molar-refractivity contribution in [2.24, 2.45) is 5.92 Å². The minimum absolute atomic E-state index is 0.308. The summed E-state index contributed by atoms with van der Waals surface area (Å²) < 4.78 is 11.2. The van der Waals surface area contributed by atoms with Crippen LogP contribution in [0.2, 0.25) is 0 Å². The molecule has 1 fully saturated rings. The van der Waals surface area contributed by atoms with Gasteiger partial charge in [-0.1, -0.05) is 0 Å². The lowest BCUT2D eigenvalue weighted by Crippen LogP contribution is -2.09. The summed E-state index contributed by atoms with van der Waals surface area (Å²) in [6, 6.07) is 3.74. The molecule has 3 N–H and O–H groups in total. The molecule has 0 aromatic carbocycles. The molecule has 0 spiro atoms. The summed E-state index contributed by atoms with van der Waals surface area (Å²) in [5.41, 5.74) is 6.49. The number of ether oxygens (including phenoxy) is 2. The van der Waals surface area contributed by atoms with Gasteiger partial charge < -0.3 is 20.5 Å². The molecule has 5 nitrogen and oxygen atoms in total. The summed E-state index contributed by atoms with van der Waals surface area (Å²) in [6.45, 7) is 6.53. The lowest BCUT2D eigenvalue weighted by Gasteiger charge is -2.11. The number of nitrogens with two attached hydrogens (primary N) is 1. The van der Waals surface area contributed by atoms with E-state index in [1.165, 1.54) is 12.8 Å². The highest BCUT2D eigenvalue weighted by molar-refractivity contribution is 5.53. The standard InChI is InChI=1S/C16H27N3O2/c1-12(2)20-10-4-3-9-18-15-8-7-14(17)16(19-15)21-11-13-5-6-13/h7-8,12-13H,3-6,9-11,17H2,1-2H3,(H,18,19). The maximum Gasteiger partial charge on any atom is 0.239 e. The quantitative estimate of drug-likeness (QED) is 0.649. The molecular weight excluding hydrogens is 266 g/mol. The minimum Gasteiger partial charge on any atom is -0.476 e. The van der Waals surface area contributed by atoms with Crippen LogP contribution in [-0.4, -0.2) is 30.8 Å². The number of anilines is 2. The molecule has 118 valence electrons. The fraction of sp³-hybridized carbons (Fsp3) is 0.688. The number of nitrogen functional groups attached to an aromatic ring is 1. The zero-order valence-electron chi connectivity index (χ0n) is 13.1. The Kier molecular flexibility index (Phi) is 6.11. The van der Waals surface area contributed by atoms with Crippen LogP contribution in [0.1, 0.15) is 39.5 Å². The molecule has 0 unspecified atom stereocenters. The Bertz CT molecular complexity index is 434. The third kappa shape index (κ3) is 6.21. The number of nitrogens with zero attached hydrogens (tertiary/aromatic N) is 1. The van der Waals surface area contributed by atoms with E-state index in [1.807, 2.05) is 12.1 Å². The van der Waals surface area contributed by atoms with Gasteiger partial charge >= 0.3 is 0 Å². The van der Waals surface area contributed by atoms with E-state index in [1.54, 1.807) is 0 Å². The van der Waals surface area contributed by atoms with Crippen LogP contribution < -0.4 is 15.8 Å². The monoisotopic (exact) mass is 293 g/mol. The van der Waals surface area contributed by atoms with Crippen LogP contribution in [0.25, 0.3) is 0 Å². The highest BCUT2D eigenvalue weighted by Crippen LogP contribution is 2.30. The summed E-state index contributed by atoms with van der Waals surface area (Å²) in [6.07, 6.45) is 4.93. The molecule has 1 aromatic heterocycles. The Morgan fingerprint density at radius 1 is 1.33 bits per heavy atom. The summed E-state index contributed by atoms with van der Waals surface area (Å²) in [5.74, 6) is 2.07. The van der Waals surface area contributed by atoms with Gasteiger partial charge in [-0.15, -0.1) is 0 Å².